The number of aliphatic hydroxyl groups is 2. The molecule has 0 aliphatic heterocycles. The number of hydrogen-bond donors (Lipinski definition) is 2. The van der Waals surface area contributed by atoms with E-state index >= 15 is 0 Å². The van der Waals surface area contributed by atoms with Gasteiger partial charge in [-0.2, -0.15) is 17.5 Å². The third-order valence-corrected chi connectivity index (χ3v) is 15.6. The second kappa shape index (κ2) is 12.5. The highest BCUT2D eigenvalue weighted by Crippen LogP contribution is 2.78. The summed E-state index contributed by atoms with van der Waals surface area (Å²) in [7, 11) is -2.11. The Morgan fingerprint density at radius 3 is 2.44 bits per heavy atom. The molecule has 6 aliphatic carbocycles. The largest absolute Gasteiger partial charge is 0.453 e. The van der Waals surface area contributed by atoms with Gasteiger partial charge in [0.1, 0.15) is 5.76 Å². The van der Waals surface area contributed by atoms with Gasteiger partial charge in [0, 0.05) is 54.2 Å². The lowest BCUT2D eigenvalue weighted by atomic mass is 9.32. The van der Waals surface area contributed by atoms with Crippen LogP contribution >= 0.6 is 11.6 Å². The van der Waals surface area contributed by atoms with Crippen LogP contribution < -0.4 is 0 Å². The van der Waals surface area contributed by atoms with Crippen LogP contribution in [0.5, 0.6) is 0 Å². The Balaban J connectivity index is 1.32. The predicted molar refractivity (Wildman–Crippen MR) is 190 cm³/mol. The summed E-state index contributed by atoms with van der Waals surface area (Å²) >= 11 is 6.34. The molecule has 6 aliphatic rings. The van der Waals surface area contributed by atoms with E-state index in [1.165, 1.54) is 16.4 Å². The fraction of sp³-hybridized carbons (Fsp3) is 0.615. The summed E-state index contributed by atoms with van der Waals surface area (Å²) in [6.07, 6.45) is 6.79. The number of methoxy groups -OCH3 is 1. The lowest BCUT2D eigenvalue weighted by Crippen LogP contribution is -2.67. The van der Waals surface area contributed by atoms with Crippen LogP contribution in [0.1, 0.15) is 81.3 Å². The lowest BCUT2D eigenvalue weighted by molar-refractivity contribution is -0.173. The van der Waals surface area contributed by atoms with E-state index in [0.717, 1.165) is 30.9 Å². The molecule has 52 heavy (non-hydrogen) atoms. The number of ketones is 1. The Hall–Kier alpha value is -2.48. The molecule has 1 aromatic heterocycles. The molecule has 8 unspecified atom stereocenters. The van der Waals surface area contributed by atoms with Crippen molar-refractivity contribution in [3.05, 3.63) is 70.5 Å². The maximum Gasteiger partial charge on any atom is 0.416 e. The number of fused-ring (bicyclic) bond motifs is 1. The van der Waals surface area contributed by atoms with E-state index in [2.05, 4.69) is 19.1 Å². The van der Waals surface area contributed by atoms with Gasteiger partial charge in [-0.15, -0.1) is 0 Å². The molecule has 2 spiro atoms. The number of carbonyl (C=O) groups excluding carboxylic acids is 1. The molecule has 284 valence electrons. The van der Waals surface area contributed by atoms with Crippen molar-refractivity contribution in [2.24, 2.45) is 33.5 Å². The number of rotatable bonds is 10. The topological polar surface area (TPSA) is 117 Å². The number of nitrogens with zero attached hydrogens (tertiary/aromatic N) is 1. The maximum atomic E-state index is 14.9. The molecule has 0 amide bonds. The summed E-state index contributed by atoms with van der Waals surface area (Å²) in [6.45, 7) is 4.79. The fourth-order valence-electron chi connectivity index (χ4n) is 11.3. The van der Waals surface area contributed by atoms with Crippen molar-refractivity contribution in [2.45, 2.75) is 83.1 Å². The molecule has 8 nitrogen and oxygen atoms in total. The Kier molecular flexibility index (Phi) is 9.11. The summed E-state index contributed by atoms with van der Waals surface area (Å²) in [4.78, 5) is 14.9. The van der Waals surface area contributed by atoms with Gasteiger partial charge in [0.15, 0.2) is 5.76 Å². The van der Waals surface area contributed by atoms with Crippen molar-refractivity contribution in [2.75, 3.05) is 33.1 Å². The maximum absolute atomic E-state index is 14.9. The van der Waals surface area contributed by atoms with Crippen LogP contribution in [0.15, 0.2) is 58.6 Å². The summed E-state index contributed by atoms with van der Waals surface area (Å²) in [6, 6.07) is 5.88. The molecule has 13 heteroatoms. The number of allylic oxidation sites excluding steroid dienone is 4. The third-order valence-electron chi connectivity index (χ3n) is 14.0. The van der Waals surface area contributed by atoms with E-state index in [1.54, 1.807) is 7.11 Å². The number of ether oxygens (including phenoxy) is 1. The molecular formula is C39H47ClF3NO7S. The molecular weight excluding hydrogens is 719 g/mol. The minimum absolute atomic E-state index is 0.0132. The molecule has 0 saturated heterocycles. The van der Waals surface area contributed by atoms with Crippen molar-refractivity contribution in [3.8, 4) is 11.3 Å². The molecule has 3 fully saturated rings. The second-order valence-corrected chi connectivity index (χ2v) is 18.8. The van der Waals surface area contributed by atoms with Gasteiger partial charge in [0.2, 0.25) is 15.8 Å². The number of alkyl halides is 3. The normalized spacial score (nSPS) is 36.8. The molecule has 2 N–H and O–H groups in total. The first kappa shape index (κ1) is 37.8. The molecule has 2 bridgehead atoms. The van der Waals surface area contributed by atoms with E-state index in [0.29, 0.717) is 57.1 Å². The van der Waals surface area contributed by atoms with Gasteiger partial charge < -0.3 is 19.4 Å². The number of benzene rings is 1. The number of hydrogen-bond acceptors (Lipinski definition) is 7. The Labute approximate surface area is 308 Å². The number of carbonyl (C=O) groups is 1. The first-order chi connectivity index (χ1) is 24.2. The molecule has 8 rings (SSSR count). The minimum Gasteiger partial charge on any atom is -0.453 e. The zero-order valence-electron chi connectivity index (χ0n) is 29.9. The van der Waals surface area contributed by atoms with Crippen molar-refractivity contribution < 1.29 is 45.8 Å². The Morgan fingerprint density at radius 2 is 1.75 bits per heavy atom. The average molecular weight is 766 g/mol. The zero-order valence-corrected chi connectivity index (χ0v) is 31.5. The van der Waals surface area contributed by atoms with Crippen LogP contribution in [0.4, 0.5) is 13.2 Å². The average Bonchev–Trinajstić information content (AvgIpc) is 3.66. The number of sulfonamides is 1. The van der Waals surface area contributed by atoms with E-state index in [-0.39, 0.29) is 52.4 Å². The molecule has 1 aromatic carbocycles. The highest BCUT2D eigenvalue weighted by atomic mass is 35.5. The predicted octanol–water partition coefficient (Wildman–Crippen LogP) is 7.69. The summed E-state index contributed by atoms with van der Waals surface area (Å²) in [5.74, 6) is -0.686. The van der Waals surface area contributed by atoms with Crippen LogP contribution in [-0.2, 0) is 20.9 Å². The van der Waals surface area contributed by atoms with Gasteiger partial charge in [0.25, 0.3) is 0 Å². The smallest absolute Gasteiger partial charge is 0.416 e. The first-order valence-corrected chi connectivity index (χ1v) is 20.3. The van der Waals surface area contributed by atoms with Gasteiger partial charge in [-0.3, -0.25) is 4.79 Å². The minimum atomic E-state index is -4.60. The number of aliphatic hydroxyl groups excluding tert-OH is 1. The second-order valence-electron chi connectivity index (χ2n) is 16.4. The van der Waals surface area contributed by atoms with Crippen LogP contribution in [0, 0.1) is 33.5 Å². The summed E-state index contributed by atoms with van der Waals surface area (Å²) in [5.41, 5.74) is -4.30. The molecule has 2 aromatic rings. The highest BCUT2D eigenvalue weighted by Gasteiger charge is 2.74. The van der Waals surface area contributed by atoms with Gasteiger partial charge in [-0.25, -0.2) is 8.42 Å². The van der Waals surface area contributed by atoms with Crippen molar-refractivity contribution in [1.29, 1.82) is 0 Å². The molecule has 1 heterocycles. The lowest BCUT2D eigenvalue weighted by Gasteiger charge is -2.71. The Morgan fingerprint density at radius 1 is 1.06 bits per heavy atom. The zero-order chi connectivity index (χ0) is 37.7. The van der Waals surface area contributed by atoms with Gasteiger partial charge in [-0.1, -0.05) is 43.7 Å². The monoisotopic (exact) mass is 765 g/mol. The first-order valence-electron chi connectivity index (χ1n) is 18.0. The quantitative estimate of drug-likeness (QED) is 0.145. The number of furan rings is 1. The van der Waals surface area contributed by atoms with Crippen LogP contribution in [0.3, 0.4) is 0 Å². The van der Waals surface area contributed by atoms with Crippen molar-refractivity contribution >= 4 is 27.4 Å². The van der Waals surface area contributed by atoms with E-state index in [9.17, 15) is 36.6 Å². The van der Waals surface area contributed by atoms with Crippen molar-refractivity contribution in [1.82, 2.24) is 4.31 Å². The van der Waals surface area contributed by atoms with Gasteiger partial charge in [-0.05, 0) is 98.9 Å². The standard InChI is InChI=1S/C39H47ClF3NO7S/c1-34-13-10-25(45)21-36(34)16-17-38(27(22-36)33(46)30-9-8-29(51-30)26-20-24(39(41,42)43)6-7-28(26)40)31(34)11-14-35(2)32(38)12-15-37(35,47)23-44(52(4,48)49)18-5-19-50-3/h6-9,16-17,20,22,25,31-32,45,47H,5,10-15,18-19,21,23H2,1-4H3. The molecule has 0 radical (unpaired) electrons. The SMILES string of the molecule is COCCCN(CC1(O)CCC2C34C=CC5(C=C3C(=O)c3ccc(-c6cc(C(F)(F)F)ccc6Cl)o3)CC(O)CCC5(C)C4CCC21C)S(C)(=O)=O. The Bertz CT molecular complexity index is 1940. The van der Waals surface area contributed by atoms with Gasteiger partial charge in [0.05, 0.1) is 28.5 Å². The molecule has 8 atom stereocenters. The van der Waals surface area contributed by atoms with Crippen molar-refractivity contribution in [3.63, 3.8) is 0 Å². The fourth-order valence-corrected chi connectivity index (χ4v) is 12.4. The van der Waals surface area contributed by atoms with E-state index in [4.69, 9.17) is 20.8 Å². The summed E-state index contributed by atoms with van der Waals surface area (Å²) in [5, 5.41) is 23.7. The highest BCUT2D eigenvalue weighted by molar-refractivity contribution is 7.88. The van der Waals surface area contributed by atoms with Crippen LogP contribution in [0.25, 0.3) is 11.3 Å². The van der Waals surface area contributed by atoms with E-state index in [1.807, 2.05) is 13.0 Å². The number of Topliss-reactive ketones (excluding diaryl/α,β-unsaturated/α-hetero) is 1. The van der Waals surface area contributed by atoms with Crippen LogP contribution in [-0.4, -0.2) is 73.5 Å². The third kappa shape index (κ3) is 5.52. The van der Waals surface area contributed by atoms with E-state index < -0.39 is 55.5 Å². The van der Waals surface area contributed by atoms with Gasteiger partial charge >= 0.3 is 6.18 Å². The molecule has 3 saturated carbocycles. The number of halogens is 4. The summed E-state index contributed by atoms with van der Waals surface area (Å²) < 4.78 is 79.4. The van der Waals surface area contributed by atoms with Crippen LogP contribution in [0.2, 0.25) is 5.02 Å².